The van der Waals surface area contributed by atoms with Gasteiger partial charge in [-0.25, -0.2) is 0 Å². The molecule has 1 amide bonds. The van der Waals surface area contributed by atoms with Crippen molar-refractivity contribution in [2.75, 3.05) is 0 Å². The van der Waals surface area contributed by atoms with Crippen LogP contribution >= 0.6 is 0 Å². The molecule has 1 aromatic carbocycles. The highest BCUT2D eigenvalue weighted by atomic mass is 16.2. The average molecular weight is 257 g/mol. The third-order valence-corrected chi connectivity index (χ3v) is 4.76. The normalized spacial score (nSPS) is 25.7. The monoisotopic (exact) mass is 257 g/mol. The number of likely N-dealkylation sites (tertiary alicyclic amines) is 1. The summed E-state index contributed by atoms with van der Waals surface area (Å²) in [6, 6.07) is 10.9. The summed E-state index contributed by atoms with van der Waals surface area (Å²) in [6.45, 7) is 6.42. The maximum absolute atomic E-state index is 12.7. The molecular weight excluding hydrogens is 234 g/mol. The Morgan fingerprint density at radius 2 is 1.68 bits per heavy atom. The first-order chi connectivity index (χ1) is 8.97. The van der Waals surface area contributed by atoms with Gasteiger partial charge in [0.15, 0.2) is 0 Å². The van der Waals surface area contributed by atoms with E-state index in [0.29, 0.717) is 5.91 Å². The Hall–Kier alpha value is -1.31. The maximum atomic E-state index is 12.7. The van der Waals surface area contributed by atoms with Crippen LogP contribution in [0.1, 0.15) is 58.1 Å². The highest BCUT2D eigenvalue weighted by Crippen LogP contribution is 2.60. The van der Waals surface area contributed by atoms with Crippen LogP contribution in [0.3, 0.4) is 0 Å². The number of β-lactam (4-membered cyclic amide) rings is 1. The topological polar surface area (TPSA) is 20.3 Å². The maximum Gasteiger partial charge on any atom is 0.232 e. The summed E-state index contributed by atoms with van der Waals surface area (Å²) in [7, 11) is 0. The number of benzene rings is 1. The van der Waals surface area contributed by atoms with Crippen molar-refractivity contribution in [2.45, 2.75) is 58.0 Å². The highest BCUT2D eigenvalue weighted by Gasteiger charge is 2.63. The van der Waals surface area contributed by atoms with Gasteiger partial charge in [-0.05, 0) is 39.2 Å². The van der Waals surface area contributed by atoms with E-state index in [-0.39, 0.29) is 17.0 Å². The minimum Gasteiger partial charge on any atom is -0.329 e. The molecule has 0 radical (unpaired) electrons. The second-order valence-corrected chi connectivity index (χ2v) is 7.02. The summed E-state index contributed by atoms with van der Waals surface area (Å²) in [5.41, 5.74) is 1.12. The van der Waals surface area contributed by atoms with Gasteiger partial charge < -0.3 is 4.90 Å². The molecule has 1 aliphatic carbocycles. The van der Waals surface area contributed by atoms with Gasteiger partial charge in [0.25, 0.3) is 0 Å². The van der Waals surface area contributed by atoms with Gasteiger partial charge >= 0.3 is 0 Å². The molecule has 1 heterocycles. The molecule has 0 bridgehead atoms. The van der Waals surface area contributed by atoms with Gasteiger partial charge in [0.05, 0.1) is 11.5 Å². The summed E-state index contributed by atoms with van der Waals surface area (Å²) >= 11 is 0. The standard InChI is InChI=1S/C17H23NO/c1-16(2,3)18-14(13-9-5-4-6-10-13)17(15(18)19)11-7-8-12-17/h4-6,9-10,14H,7-8,11-12H2,1-3H3/t14-/m1/s1. The lowest BCUT2D eigenvalue weighted by atomic mass is 9.64. The fourth-order valence-electron chi connectivity index (χ4n) is 3.94. The number of carbonyl (C=O) groups is 1. The summed E-state index contributed by atoms with van der Waals surface area (Å²) in [6.07, 6.45) is 4.54. The molecule has 1 aliphatic heterocycles. The van der Waals surface area contributed by atoms with E-state index in [0.717, 1.165) is 12.8 Å². The van der Waals surface area contributed by atoms with Gasteiger partial charge in [-0.2, -0.15) is 0 Å². The predicted octanol–water partition coefficient (Wildman–Crippen LogP) is 3.93. The second-order valence-electron chi connectivity index (χ2n) is 7.02. The zero-order valence-corrected chi connectivity index (χ0v) is 12.1. The second kappa shape index (κ2) is 4.09. The summed E-state index contributed by atoms with van der Waals surface area (Å²) < 4.78 is 0. The Bertz CT molecular complexity index is 480. The number of amides is 1. The minimum atomic E-state index is -0.0918. The molecule has 0 N–H and O–H groups in total. The number of rotatable bonds is 1. The first kappa shape index (κ1) is 12.7. The molecule has 2 aliphatic rings. The zero-order chi connectivity index (χ0) is 13.7. The van der Waals surface area contributed by atoms with Gasteiger partial charge in [-0.3, -0.25) is 4.79 Å². The Kier molecular flexibility index (Phi) is 2.74. The van der Waals surface area contributed by atoms with Gasteiger partial charge in [0.1, 0.15) is 0 Å². The molecule has 1 aromatic rings. The Labute approximate surface area is 115 Å². The van der Waals surface area contributed by atoms with Crippen LogP contribution in [0.25, 0.3) is 0 Å². The fraction of sp³-hybridized carbons (Fsp3) is 0.588. The van der Waals surface area contributed by atoms with Crippen LogP contribution in [0.2, 0.25) is 0 Å². The summed E-state index contributed by atoms with van der Waals surface area (Å²) in [5, 5.41) is 0. The zero-order valence-electron chi connectivity index (χ0n) is 12.1. The molecule has 1 spiro atoms. The van der Waals surface area contributed by atoms with Crippen molar-refractivity contribution >= 4 is 5.91 Å². The average Bonchev–Trinajstić information content (AvgIpc) is 2.86. The number of hydrogen-bond donors (Lipinski definition) is 0. The Morgan fingerprint density at radius 1 is 1.11 bits per heavy atom. The molecule has 2 fully saturated rings. The van der Waals surface area contributed by atoms with Crippen molar-refractivity contribution in [3.63, 3.8) is 0 Å². The predicted molar refractivity (Wildman–Crippen MR) is 76.7 cm³/mol. The van der Waals surface area contributed by atoms with Crippen LogP contribution in [-0.2, 0) is 4.79 Å². The number of hydrogen-bond acceptors (Lipinski definition) is 1. The SMILES string of the molecule is CC(C)(C)N1C(=O)C2(CCCC2)[C@H]1c1ccccc1. The van der Waals surface area contributed by atoms with Gasteiger partial charge in [0, 0.05) is 5.54 Å². The van der Waals surface area contributed by atoms with Crippen LogP contribution in [0.4, 0.5) is 0 Å². The lowest BCUT2D eigenvalue weighted by molar-refractivity contribution is -0.184. The Morgan fingerprint density at radius 3 is 2.21 bits per heavy atom. The van der Waals surface area contributed by atoms with Crippen LogP contribution in [0.15, 0.2) is 30.3 Å². The van der Waals surface area contributed by atoms with Gasteiger partial charge in [-0.15, -0.1) is 0 Å². The quantitative estimate of drug-likeness (QED) is 0.698. The van der Waals surface area contributed by atoms with Crippen LogP contribution < -0.4 is 0 Å². The van der Waals surface area contributed by atoms with Gasteiger partial charge in [0.2, 0.25) is 5.91 Å². The largest absolute Gasteiger partial charge is 0.329 e. The summed E-state index contributed by atoms with van der Waals surface area (Å²) in [4.78, 5) is 14.8. The molecule has 102 valence electrons. The van der Waals surface area contributed by atoms with Crippen molar-refractivity contribution in [3.8, 4) is 0 Å². The smallest absolute Gasteiger partial charge is 0.232 e. The first-order valence-electron chi connectivity index (χ1n) is 7.35. The summed E-state index contributed by atoms with van der Waals surface area (Å²) in [5.74, 6) is 0.381. The molecule has 2 heteroatoms. The molecule has 19 heavy (non-hydrogen) atoms. The molecule has 1 atom stereocenters. The molecular formula is C17H23NO. The van der Waals surface area contributed by atoms with Gasteiger partial charge in [-0.1, -0.05) is 43.2 Å². The third kappa shape index (κ3) is 1.73. The fourth-order valence-corrected chi connectivity index (χ4v) is 3.94. The highest BCUT2D eigenvalue weighted by molar-refractivity contribution is 5.91. The van der Waals surface area contributed by atoms with E-state index in [9.17, 15) is 4.79 Å². The molecule has 3 rings (SSSR count). The third-order valence-electron chi connectivity index (χ3n) is 4.76. The van der Waals surface area contributed by atoms with Crippen molar-refractivity contribution in [1.82, 2.24) is 4.90 Å². The van der Waals surface area contributed by atoms with Crippen LogP contribution in [-0.4, -0.2) is 16.3 Å². The van der Waals surface area contributed by atoms with E-state index in [1.165, 1.54) is 18.4 Å². The van der Waals surface area contributed by atoms with Crippen LogP contribution in [0.5, 0.6) is 0 Å². The van der Waals surface area contributed by atoms with Crippen LogP contribution in [0, 0.1) is 5.41 Å². The van der Waals surface area contributed by atoms with E-state index in [1.807, 2.05) is 6.07 Å². The Balaban J connectivity index is 2.03. The van der Waals surface area contributed by atoms with Crippen molar-refractivity contribution in [3.05, 3.63) is 35.9 Å². The molecule has 2 nitrogen and oxygen atoms in total. The number of carbonyl (C=O) groups excluding carboxylic acids is 1. The van der Waals surface area contributed by atoms with Crippen molar-refractivity contribution < 1.29 is 4.79 Å². The molecule has 0 aromatic heterocycles. The van der Waals surface area contributed by atoms with Crippen molar-refractivity contribution in [1.29, 1.82) is 0 Å². The van der Waals surface area contributed by atoms with E-state index >= 15 is 0 Å². The van der Waals surface area contributed by atoms with E-state index in [2.05, 4.69) is 49.9 Å². The van der Waals surface area contributed by atoms with E-state index in [4.69, 9.17) is 0 Å². The molecule has 1 saturated heterocycles. The molecule has 1 saturated carbocycles. The van der Waals surface area contributed by atoms with Crippen molar-refractivity contribution in [2.24, 2.45) is 5.41 Å². The van der Waals surface area contributed by atoms with E-state index < -0.39 is 0 Å². The lowest BCUT2D eigenvalue weighted by Crippen LogP contribution is -2.67. The van der Waals surface area contributed by atoms with E-state index in [1.54, 1.807) is 0 Å². The molecule has 0 unspecified atom stereocenters. The minimum absolute atomic E-state index is 0.0887. The number of nitrogens with zero attached hydrogens (tertiary/aromatic N) is 1. The lowest BCUT2D eigenvalue weighted by Gasteiger charge is -2.60. The first-order valence-corrected chi connectivity index (χ1v) is 7.35.